The molecule has 1 fully saturated rings. The molecule has 8 heteroatoms. The third-order valence-electron chi connectivity index (χ3n) is 3.85. The average Bonchev–Trinajstić information content (AvgIpc) is 2.37. The van der Waals surface area contributed by atoms with Gasteiger partial charge in [0.2, 0.25) is 10.0 Å². The van der Waals surface area contributed by atoms with Crippen molar-refractivity contribution in [3.05, 3.63) is 23.0 Å². The number of hydrogen-bond donors (Lipinski definition) is 2. The number of nitrogens with two attached hydrogens (primary N) is 1. The van der Waals surface area contributed by atoms with E-state index in [1.54, 1.807) is 0 Å². The smallest absolute Gasteiger partial charge is 0.243 e. The highest BCUT2D eigenvalue weighted by molar-refractivity contribution is 7.89. The second kappa shape index (κ2) is 6.08. The zero-order chi connectivity index (χ0) is 15.8. The number of likely N-dealkylation sites (tertiary alicyclic amines) is 1. The van der Waals surface area contributed by atoms with Gasteiger partial charge in [-0.25, -0.2) is 17.5 Å². The molecule has 0 aromatic heterocycles. The van der Waals surface area contributed by atoms with Crippen molar-refractivity contribution in [2.45, 2.75) is 36.7 Å². The summed E-state index contributed by atoms with van der Waals surface area (Å²) < 4.78 is 41.2. The van der Waals surface area contributed by atoms with E-state index in [0.717, 1.165) is 12.6 Å². The molecule has 1 aromatic carbocycles. The van der Waals surface area contributed by atoms with Crippen LogP contribution in [-0.2, 0) is 10.0 Å². The second-order valence-electron chi connectivity index (χ2n) is 5.48. The Kier molecular flexibility index (Phi) is 4.77. The molecule has 0 spiro atoms. The lowest BCUT2D eigenvalue weighted by atomic mass is 10.0. The third-order valence-corrected chi connectivity index (χ3v) is 5.59. The number of halogens is 2. The third kappa shape index (κ3) is 3.66. The van der Waals surface area contributed by atoms with Gasteiger partial charge in [0.1, 0.15) is 4.90 Å². The van der Waals surface area contributed by atoms with Crippen LogP contribution >= 0.6 is 11.6 Å². The molecule has 1 aliphatic rings. The van der Waals surface area contributed by atoms with Gasteiger partial charge in [-0.1, -0.05) is 11.6 Å². The van der Waals surface area contributed by atoms with Crippen LogP contribution in [0.3, 0.4) is 0 Å². The fraction of sp³-hybridized carbons (Fsp3) is 0.538. The number of nitrogen functional groups attached to an aromatic ring is 1. The number of sulfonamides is 1. The van der Waals surface area contributed by atoms with Crippen molar-refractivity contribution in [3.8, 4) is 0 Å². The molecule has 0 radical (unpaired) electrons. The summed E-state index contributed by atoms with van der Waals surface area (Å²) >= 11 is 5.77. The lowest BCUT2D eigenvalue weighted by molar-refractivity contribution is 0.178. The number of hydrogen-bond acceptors (Lipinski definition) is 4. The van der Waals surface area contributed by atoms with Gasteiger partial charge in [0.25, 0.3) is 0 Å². The van der Waals surface area contributed by atoms with Gasteiger partial charge < -0.3 is 10.6 Å². The van der Waals surface area contributed by atoms with Crippen LogP contribution < -0.4 is 10.5 Å². The topological polar surface area (TPSA) is 75.4 Å². The molecule has 1 saturated heterocycles. The first kappa shape index (κ1) is 16.5. The minimum Gasteiger partial charge on any atom is -0.396 e. The first-order valence-electron chi connectivity index (χ1n) is 6.68. The molecule has 0 bridgehead atoms. The van der Waals surface area contributed by atoms with E-state index in [2.05, 4.69) is 9.62 Å². The van der Waals surface area contributed by atoms with Gasteiger partial charge in [-0.3, -0.25) is 0 Å². The molecule has 118 valence electrons. The highest BCUT2D eigenvalue weighted by atomic mass is 35.5. The molecule has 5 nitrogen and oxygen atoms in total. The summed E-state index contributed by atoms with van der Waals surface area (Å²) in [5.74, 6) is -0.965. The molecule has 1 aliphatic heterocycles. The van der Waals surface area contributed by atoms with Crippen molar-refractivity contribution in [1.82, 2.24) is 9.62 Å². The second-order valence-corrected chi connectivity index (χ2v) is 7.60. The van der Waals surface area contributed by atoms with Gasteiger partial charge in [0.05, 0.1) is 5.69 Å². The Morgan fingerprint density at radius 3 is 2.76 bits per heavy atom. The molecule has 2 atom stereocenters. The Morgan fingerprint density at radius 2 is 2.14 bits per heavy atom. The number of benzene rings is 1. The van der Waals surface area contributed by atoms with E-state index in [0.29, 0.717) is 12.8 Å². The van der Waals surface area contributed by atoms with Gasteiger partial charge in [0.15, 0.2) is 5.82 Å². The maximum atomic E-state index is 14.0. The van der Waals surface area contributed by atoms with Crippen LogP contribution in [0, 0.1) is 5.82 Å². The molecule has 2 unspecified atom stereocenters. The Labute approximate surface area is 129 Å². The largest absolute Gasteiger partial charge is 0.396 e. The molecular formula is C13H19ClFN3O2S. The summed E-state index contributed by atoms with van der Waals surface area (Å²) in [4.78, 5) is 1.65. The number of rotatable bonds is 3. The summed E-state index contributed by atoms with van der Waals surface area (Å²) in [5.41, 5.74) is 5.16. The molecule has 0 aliphatic carbocycles. The van der Waals surface area contributed by atoms with Crippen molar-refractivity contribution in [2.24, 2.45) is 0 Å². The monoisotopic (exact) mass is 335 g/mol. The Hall–Kier alpha value is -0.890. The number of nitrogens with one attached hydrogen (secondary N) is 1. The maximum Gasteiger partial charge on any atom is 0.243 e. The van der Waals surface area contributed by atoms with Gasteiger partial charge >= 0.3 is 0 Å². The zero-order valence-electron chi connectivity index (χ0n) is 11.9. The summed E-state index contributed by atoms with van der Waals surface area (Å²) in [6.45, 7) is 2.81. The molecule has 1 heterocycles. The first-order chi connectivity index (χ1) is 9.70. The lowest BCUT2D eigenvalue weighted by Gasteiger charge is -2.35. The molecule has 0 amide bonds. The van der Waals surface area contributed by atoms with Crippen molar-refractivity contribution in [1.29, 1.82) is 0 Å². The van der Waals surface area contributed by atoms with Crippen LogP contribution in [0.15, 0.2) is 17.0 Å². The van der Waals surface area contributed by atoms with Crippen molar-refractivity contribution >= 4 is 27.3 Å². The molecule has 3 N–H and O–H groups in total. The molecule has 0 saturated carbocycles. The Morgan fingerprint density at radius 1 is 1.48 bits per heavy atom. The summed E-state index contributed by atoms with van der Waals surface area (Å²) in [5, 5.41) is 0.0889. The molecule has 1 aromatic rings. The van der Waals surface area contributed by atoms with Gasteiger partial charge in [-0.15, -0.1) is 0 Å². The summed E-state index contributed by atoms with van der Waals surface area (Å²) in [6, 6.07) is 2.31. The highest BCUT2D eigenvalue weighted by Gasteiger charge is 2.29. The maximum absolute atomic E-state index is 14.0. The van der Waals surface area contributed by atoms with E-state index in [4.69, 9.17) is 17.3 Å². The van der Waals surface area contributed by atoms with E-state index in [9.17, 15) is 12.8 Å². The van der Waals surface area contributed by atoms with E-state index in [-0.39, 0.29) is 22.8 Å². The number of piperidine rings is 1. The Balaban J connectivity index is 2.23. The SMILES string of the molecule is CC1CC(NS(=O)(=O)c2cc(Cl)cc(N)c2F)CCN1C. The van der Waals surface area contributed by atoms with E-state index in [1.165, 1.54) is 6.07 Å². The molecule has 21 heavy (non-hydrogen) atoms. The standard InChI is InChI=1S/C13H19ClFN3O2S/c1-8-5-10(3-4-18(8)2)17-21(19,20)12-7-9(14)6-11(16)13(12)15/h6-8,10,17H,3-5,16H2,1-2H3. The number of anilines is 1. The van der Waals surface area contributed by atoms with Crippen LogP contribution in [0.2, 0.25) is 5.02 Å². The van der Waals surface area contributed by atoms with Crippen LogP contribution in [0.5, 0.6) is 0 Å². The van der Waals surface area contributed by atoms with Gasteiger partial charge in [-0.2, -0.15) is 0 Å². The quantitative estimate of drug-likeness (QED) is 0.826. The van der Waals surface area contributed by atoms with Crippen LogP contribution in [0.4, 0.5) is 10.1 Å². The Bertz CT molecular complexity index is 639. The van der Waals surface area contributed by atoms with E-state index >= 15 is 0 Å². The normalized spacial score (nSPS) is 24.2. The molecule has 2 rings (SSSR count). The zero-order valence-corrected chi connectivity index (χ0v) is 13.5. The highest BCUT2D eigenvalue weighted by Crippen LogP contribution is 2.26. The lowest BCUT2D eigenvalue weighted by Crippen LogP contribution is -2.47. The summed E-state index contributed by atoms with van der Waals surface area (Å²) in [6.07, 6.45) is 1.35. The minimum absolute atomic E-state index is 0.0889. The van der Waals surface area contributed by atoms with E-state index in [1.807, 2.05) is 14.0 Å². The van der Waals surface area contributed by atoms with Gasteiger partial charge in [-0.05, 0) is 45.5 Å². The number of nitrogens with zero attached hydrogens (tertiary/aromatic N) is 1. The van der Waals surface area contributed by atoms with E-state index < -0.39 is 20.7 Å². The fourth-order valence-electron chi connectivity index (χ4n) is 2.46. The van der Waals surface area contributed by atoms with Gasteiger partial charge in [0, 0.05) is 17.1 Å². The van der Waals surface area contributed by atoms with Crippen LogP contribution in [-0.4, -0.2) is 39.0 Å². The minimum atomic E-state index is -3.98. The van der Waals surface area contributed by atoms with Crippen LogP contribution in [0.25, 0.3) is 0 Å². The predicted molar refractivity (Wildman–Crippen MR) is 81.3 cm³/mol. The summed E-state index contributed by atoms with van der Waals surface area (Å²) in [7, 11) is -1.99. The van der Waals surface area contributed by atoms with Crippen molar-refractivity contribution in [2.75, 3.05) is 19.3 Å². The predicted octanol–water partition coefficient (Wildman–Crippen LogP) is 1.82. The molecular weight excluding hydrogens is 317 g/mol. The van der Waals surface area contributed by atoms with Crippen molar-refractivity contribution in [3.63, 3.8) is 0 Å². The average molecular weight is 336 g/mol. The fourth-order valence-corrected chi connectivity index (χ4v) is 4.17. The first-order valence-corrected chi connectivity index (χ1v) is 8.54. The van der Waals surface area contributed by atoms with Crippen molar-refractivity contribution < 1.29 is 12.8 Å². The van der Waals surface area contributed by atoms with Crippen LogP contribution in [0.1, 0.15) is 19.8 Å².